The van der Waals surface area contributed by atoms with Crippen LogP contribution in [0.15, 0.2) is 242 Å². The maximum Gasteiger partial charge on any atom is 0.434 e. The van der Waals surface area contributed by atoms with Gasteiger partial charge in [0.1, 0.15) is 17.2 Å². The van der Waals surface area contributed by atoms with Crippen LogP contribution in [-0.2, 0) is 0 Å². The molecule has 0 radical (unpaired) electrons. The first-order valence-electron chi connectivity index (χ1n) is 30.7. The number of benzene rings is 10. The van der Waals surface area contributed by atoms with Gasteiger partial charge in [0.15, 0.2) is 8.07 Å². The van der Waals surface area contributed by atoms with Crippen LogP contribution in [0.3, 0.4) is 0 Å². The van der Waals surface area contributed by atoms with E-state index in [1.54, 1.807) is 12.1 Å². The van der Waals surface area contributed by atoms with Crippen LogP contribution in [0.5, 0.6) is 17.2 Å². The lowest BCUT2D eigenvalue weighted by Gasteiger charge is -2.36. The Morgan fingerprint density at radius 1 is 0.431 bits per heavy atom. The quantitative estimate of drug-likeness (QED) is 0.118. The molecular formula is C60H40BNO2Si. The molecule has 2 aliphatic heterocycles. The predicted molar refractivity (Wildman–Crippen MR) is 273 cm³/mol. The van der Waals surface area contributed by atoms with Gasteiger partial charge in [-0.3, -0.25) is 0 Å². The molecule has 0 aliphatic carbocycles. The Kier molecular flexibility index (Phi) is 5.19. The van der Waals surface area contributed by atoms with Gasteiger partial charge in [-0.25, -0.2) is 0 Å². The normalized spacial score (nSPS) is 16.8. The summed E-state index contributed by atoms with van der Waals surface area (Å²) >= 11 is 0. The van der Waals surface area contributed by atoms with E-state index in [0.29, 0.717) is 5.56 Å². The number of rotatable bonds is 7. The third-order valence-electron chi connectivity index (χ3n) is 12.1. The number of hydrogen-bond acceptors (Lipinski definition) is 2. The van der Waals surface area contributed by atoms with Crippen LogP contribution in [0.2, 0.25) is 0 Å². The van der Waals surface area contributed by atoms with Gasteiger partial charge in [-0.1, -0.05) is 194 Å². The first-order valence-corrected chi connectivity index (χ1v) is 22.7. The van der Waals surface area contributed by atoms with E-state index in [9.17, 15) is 13.7 Å². The summed E-state index contributed by atoms with van der Waals surface area (Å²) in [5, 5.41) is 2.85. The molecule has 0 fully saturated rings. The van der Waals surface area contributed by atoms with Crippen LogP contribution in [0.4, 0.5) is 0 Å². The zero-order valence-electron chi connectivity index (χ0n) is 53.9. The van der Waals surface area contributed by atoms with E-state index < -0.39 is 180 Å². The molecule has 11 aromatic rings. The average molecular weight is 866 g/mol. The van der Waals surface area contributed by atoms with E-state index in [0.717, 1.165) is 31.4 Å². The minimum Gasteiger partial charge on any atom is -0.551 e. The van der Waals surface area contributed by atoms with Crippen molar-refractivity contribution in [2.75, 3.05) is 0 Å². The van der Waals surface area contributed by atoms with Crippen LogP contribution in [0.25, 0.3) is 60.9 Å². The molecule has 5 heteroatoms. The van der Waals surface area contributed by atoms with Gasteiger partial charge in [-0.05, 0) is 96.9 Å². The highest BCUT2D eigenvalue weighted by atomic mass is 28.3. The summed E-state index contributed by atoms with van der Waals surface area (Å²) in [6.07, 6.45) is 0. The van der Waals surface area contributed by atoms with Crippen LogP contribution in [0, 0.1) is 0 Å². The molecule has 0 spiro atoms. The number of ether oxygens (including phenoxy) is 1. The summed E-state index contributed by atoms with van der Waals surface area (Å²) in [6.45, 7) is -1.63. The van der Waals surface area contributed by atoms with E-state index in [4.69, 9.17) is 23.1 Å². The molecule has 0 saturated carbocycles. The Hall–Kier alpha value is -8.12. The SMILES string of the molecule is [2H]c1cc2c(c([2H])c1[2H])OB1c3c([2H])c([2H])c(-c4ccccc4[Si](c4ccccc4)(c4ccccc4)c4ccccc4)c([2H])c3Oc3c([2H])c(-c4c([2H])c([2H])c([2H])c(-n5c6c([2H])c([2H])c([2H])c([2H])c6c6c([2H])c([2H])c([2H])c([2H])c65)c4[2H])c([2H])c-2c31. The fourth-order valence-corrected chi connectivity index (χ4v) is 14.3. The van der Waals surface area contributed by atoms with Crippen molar-refractivity contribution in [3.05, 3.63) is 242 Å². The first-order chi connectivity index (χ1) is 40.6. The summed E-state index contributed by atoms with van der Waals surface area (Å²) in [4.78, 5) is 0. The molecule has 3 heterocycles. The maximum absolute atomic E-state index is 10.3. The van der Waals surface area contributed by atoms with E-state index in [-0.39, 0.29) is 39.1 Å². The number of hydrogen-bond donors (Lipinski definition) is 0. The second-order valence-corrected chi connectivity index (χ2v) is 19.3. The van der Waals surface area contributed by atoms with Crippen LogP contribution in [0.1, 0.15) is 27.4 Å². The van der Waals surface area contributed by atoms with Crippen molar-refractivity contribution in [2.24, 2.45) is 0 Å². The second-order valence-electron chi connectivity index (χ2n) is 15.5. The van der Waals surface area contributed by atoms with Crippen molar-refractivity contribution < 1.29 is 36.8 Å². The van der Waals surface area contributed by atoms with Crippen molar-refractivity contribution >= 4 is 68.5 Å². The van der Waals surface area contributed by atoms with Crippen LogP contribution >= 0.6 is 0 Å². The molecule has 13 rings (SSSR count). The summed E-state index contributed by atoms with van der Waals surface area (Å²) in [7, 11) is -3.46. The first kappa shape index (κ1) is 22.5. The topological polar surface area (TPSA) is 23.4 Å². The molecule has 65 heavy (non-hydrogen) atoms. The summed E-state index contributed by atoms with van der Waals surface area (Å²) in [5.74, 6) is -1.18. The van der Waals surface area contributed by atoms with Gasteiger partial charge in [0, 0.05) is 32.9 Å². The minimum absolute atomic E-state index is 0.0326. The minimum atomic E-state index is -3.46. The van der Waals surface area contributed by atoms with E-state index >= 15 is 0 Å². The summed E-state index contributed by atoms with van der Waals surface area (Å²) < 4.78 is 200. The molecule has 1 aromatic heterocycles. The van der Waals surface area contributed by atoms with E-state index in [1.165, 1.54) is 0 Å². The Balaban J connectivity index is 1.13. The van der Waals surface area contributed by atoms with E-state index in [1.807, 2.05) is 103 Å². The predicted octanol–water partition coefficient (Wildman–Crippen LogP) is 10.8. The molecule has 10 aromatic carbocycles. The molecular weight excluding hydrogens is 806 g/mol. The number of para-hydroxylation sites is 3. The smallest absolute Gasteiger partial charge is 0.434 e. The monoisotopic (exact) mass is 865 g/mol. The fourth-order valence-electron chi connectivity index (χ4n) is 9.35. The largest absolute Gasteiger partial charge is 0.551 e. The summed E-state index contributed by atoms with van der Waals surface area (Å²) in [6, 6.07) is 24.0. The molecule has 0 N–H and O–H groups in total. The van der Waals surface area contributed by atoms with Gasteiger partial charge in [0.05, 0.1) is 38.4 Å². The average Bonchev–Trinajstić information content (AvgIpc) is 1.68. The fraction of sp³-hybridized carbons (Fsp3) is 0. The molecule has 0 atom stereocenters. The Morgan fingerprint density at radius 3 is 1.74 bits per heavy atom. The Labute approximate surface area is 407 Å². The molecule has 0 bridgehead atoms. The lowest BCUT2D eigenvalue weighted by atomic mass is 9.50. The zero-order chi connectivity index (χ0) is 60.3. The molecule has 0 unspecified atom stereocenters. The number of nitrogens with zero attached hydrogens (tertiary/aromatic N) is 1. The highest BCUT2D eigenvalue weighted by Gasteiger charge is 2.44. The van der Waals surface area contributed by atoms with Gasteiger partial charge < -0.3 is 14.0 Å². The Morgan fingerprint density at radius 2 is 1.05 bits per heavy atom. The van der Waals surface area contributed by atoms with Crippen LogP contribution < -0.4 is 41.1 Å². The van der Waals surface area contributed by atoms with Gasteiger partial charge in [0.2, 0.25) is 0 Å². The zero-order valence-corrected chi connectivity index (χ0v) is 34.9. The van der Waals surface area contributed by atoms with Gasteiger partial charge in [-0.15, -0.1) is 0 Å². The highest BCUT2D eigenvalue weighted by molar-refractivity contribution is 7.20. The van der Waals surface area contributed by atoms with E-state index in [2.05, 4.69) is 0 Å². The third kappa shape index (κ3) is 5.83. The molecule has 3 nitrogen and oxygen atoms in total. The molecule has 304 valence electrons. The van der Waals surface area contributed by atoms with Gasteiger partial charge in [-0.2, -0.15) is 0 Å². The van der Waals surface area contributed by atoms with Crippen LogP contribution in [-0.4, -0.2) is 19.6 Å². The standard InChI is InChI=1S/C60H40BNO2Si/c1-4-21-45(22-5-1)65(46-23-6-2-7-24-46,47-25-8-3-9-26-47)59-34-17-13-27-48(59)42-35-36-53-57(39-42)63-58-40-43(38-52-51-30-12-16-33-56(51)64-61(53)60(52)58)41-19-18-20-44(37-41)62-54-31-14-10-28-49(54)50-29-11-15-32-55(50)62/h1-40H/i10D,11D,12D,14D,15D,16D,18D,19D,20D,28D,29D,31D,32D,33D,35D,36D,37D,38D,39D,40D. The molecule has 0 saturated heterocycles. The van der Waals surface area contributed by atoms with Crippen molar-refractivity contribution in [1.82, 2.24) is 4.57 Å². The van der Waals surface area contributed by atoms with Gasteiger partial charge in [0.25, 0.3) is 0 Å². The lowest BCUT2D eigenvalue weighted by molar-refractivity contribution is 0.480. The van der Waals surface area contributed by atoms with Crippen molar-refractivity contribution in [3.63, 3.8) is 0 Å². The third-order valence-corrected chi connectivity index (χ3v) is 16.9. The maximum atomic E-state index is 10.3. The second kappa shape index (κ2) is 15.0. The van der Waals surface area contributed by atoms with Crippen molar-refractivity contribution in [2.45, 2.75) is 0 Å². The van der Waals surface area contributed by atoms with Gasteiger partial charge >= 0.3 is 6.92 Å². The Bertz CT molecular complexity index is 4620. The molecule has 0 amide bonds. The number of aromatic nitrogens is 1. The highest BCUT2D eigenvalue weighted by Crippen LogP contribution is 2.43. The molecule has 2 aliphatic rings. The number of fused-ring (bicyclic) bond motifs is 7. The summed E-state index contributed by atoms with van der Waals surface area (Å²) in [5.41, 5.74) is -3.35. The lowest BCUT2D eigenvalue weighted by Crippen LogP contribution is -2.75. The van der Waals surface area contributed by atoms with Crippen molar-refractivity contribution in [3.8, 4) is 56.3 Å². The van der Waals surface area contributed by atoms with Crippen molar-refractivity contribution in [1.29, 1.82) is 0 Å².